The number of aliphatic hydroxyl groups excluding tert-OH is 1. The highest BCUT2D eigenvalue weighted by molar-refractivity contribution is 6.07. The number of aryl methyl sites for hydroxylation is 2. The monoisotopic (exact) mass is 510 g/mol. The summed E-state index contributed by atoms with van der Waals surface area (Å²) in [5, 5.41) is 11.5. The van der Waals surface area contributed by atoms with Crippen LogP contribution < -0.4 is 9.47 Å². The first-order valence-corrected chi connectivity index (χ1v) is 13.5. The molecule has 1 N–H and O–H groups in total. The summed E-state index contributed by atoms with van der Waals surface area (Å²) in [6, 6.07) is 32.0. The van der Waals surface area contributed by atoms with Crippen LogP contribution in [0.4, 0.5) is 0 Å². The maximum Gasteiger partial charge on any atom is 0.178 e. The normalized spacial score (nSPS) is 16.9. The van der Waals surface area contributed by atoms with Gasteiger partial charge in [-0.05, 0) is 72.2 Å². The molecule has 1 aliphatic carbocycles. The molecule has 0 saturated heterocycles. The van der Waals surface area contributed by atoms with Crippen LogP contribution in [0.5, 0.6) is 11.5 Å². The van der Waals surface area contributed by atoms with Crippen LogP contribution in [0.1, 0.15) is 38.9 Å². The zero-order valence-corrected chi connectivity index (χ0v) is 22.2. The van der Waals surface area contributed by atoms with Gasteiger partial charge in [-0.3, -0.25) is 0 Å². The summed E-state index contributed by atoms with van der Waals surface area (Å²) in [7, 11) is 0. The fourth-order valence-electron chi connectivity index (χ4n) is 6.24. The molecule has 0 spiro atoms. The highest BCUT2D eigenvalue weighted by Gasteiger charge is 2.39. The van der Waals surface area contributed by atoms with E-state index >= 15 is 0 Å². The molecule has 0 saturated carbocycles. The lowest BCUT2D eigenvalue weighted by molar-refractivity contribution is 0.163. The molecule has 0 fully saturated rings. The Bertz CT molecular complexity index is 1750. The molecule has 7 rings (SSSR count). The summed E-state index contributed by atoms with van der Waals surface area (Å²) in [6.45, 7) is 4.56. The largest absolute Gasteiger partial charge is 0.491 e. The van der Waals surface area contributed by atoms with Crippen LogP contribution >= 0.6 is 0 Å². The molecule has 1 unspecified atom stereocenters. The highest BCUT2D eigenvalue weighted by Crippen LogP contribution is 2.52. The first-order chi connectivity index (χ1) is 19.1. The Kier molecular flexibility index (Phi) is 5.57. The molecular formula is C36H30O3. The second-order valence-electron chi connectivity index (χ2n) is 10.6. The van der Waals surface area contributed by atoms with Crippen molar-refractivity contribution < 1.29 is 14.6 Å². The fraction of sp³-hybridized carbons (Fsp3) is 0.167. The molecular weight excluding hydrogens is 480 g/mol. The summed E-state index contributed by atoms with van der Waals surface area (Å²) in [6.07, 6.45) is 5.40. The van der Waals surface area contributed by atoms with E-state index in [1.807, 2.05) is 18.2 Å². The number of hydrogen-bond acceptors (Lipinski definition) is 3. The van der Waals surface area contributed by atoms with Crippen LogP contribution in [-0.4, -0.2) is 18.3 Å². The van der Waals surface area contributed by atoms with Crippen LogP contribution in [-0.2, 0) is 12.0 Å². The molecule has 1 heterocycles. The highest BCUT2D eigenvalue weighted by atomic mass is 16.5. The van der Waals surface area contributed by atoms with Crippen molar-refractivity contribution >= 4 is 16.8 Å². The molecule has 192 valence electrons. The smallest absolute Gasteiger partial charge is 0.178 e. The van der Waals surface area contributed by atoms with E-state index in [9.17, 15) is 0 Å². The van der Waals surface area contributed by atoms with Crippen molar-refractivity contribution in [3.8, 4) is 22.6 Å². The van der Waals surface area contributed by atoms with Gasteiger partial charge in [0.2, 0.25) is 0 Å². The van der Waals surface area contributed by atoms with E-state index in [4.69, 9.17) is 14.6 Å². The number of fused-ring (bicyclic) bond motifs is 8. The van der Waals surface area contributed by atoms with Crippen molar-refractivity contribution in [3.63, 3.8) is 0 Å². The standard InChI is InChI=1S/C36H30O3/c1-23-8-14-29-25(20-23)22-32-31-16-17-36(26-6-4-3-5-7-26,27-10-12-28(13-11-27)38-19-18-37)39-35(31)33-21-24(2)9-15-30(33)34(29)32/h3-17,20-21,37H,18-19,22H2,1-2H3. The zero-order valence-electron chi connectivity index (χ0n) is 22.2. The third-order valence-electron chi connectivity index (χ3n) is 8.05. The molecule has 0 amide bonds. The second kappa shape index (κ2) is 9.14. The Morgan fingerprint density at radius 2 is 1.56 bits per heavy atom. The number of hydrogen-bond donors (Lipinski definition) is 1. The molecule has 39 heavy (non-hydrogen) atoms. The van der Waals surface area contributed by atoms with E-state index in [1.165, 1.54) is 44.3 Å². The minimum Gasteiger partial charge on any atom is -0.491 e. The summed E-state index contributed by atoms with van der Waals surface area (Å²) >= 11 is 0. The Morgan fingerprint density at radius 1 is 0.821 bits per heavy atom. The van der Waals surface area contributed by atoms with Crippen LogP contribution in [0.15, 0.2) is 97.1 Å². The van der Waals surface area contributed by atoms with Crippen molar-refractivity contribution in [2.75, 3.05) is 13.2 Å². The minimum absolute atomic E-state index is 0.0153. The SMILES string of the molecule is Cc1ccc2c(c1)Cc1c3c(c4cc(C)ccc4c1-2)OC(c1ccccc1)(c1ccc(OCCO)cc1)C=C3. The molecule has 2 aliphatic rings. The molecule has 0 aromatic heterocycles. The summed E-state index contributed by atoms with van der Waals surface area (Å²) in [5.41, 5.74) is 10.4. The van der Waals surface area contributed by atoms with E-state index in [0.29, 0.717) is 0 Å². The topological polar surface area (TPSA) is 38.7 Å². The van der Waals surface area contributed by atoms with Gasteiger partial charge in [-0.15, -0.1) is 0 Å². The molecule has 0 bridgehead atoms. The van der Waals surface area contributed by atoms with Gasteiger partial charge >= 0.3 is 0 Å². The number of rotatable bonds is 5. The molecule has 3 heteroatoms. The Hall–Kier alpha value is -4.34. The number of aliphatic hydroxyl groups is 1. The van der Waals surface area contributed by atoms with Gasteiger partial charge in [0.15, 0.2) is 5.60 Å². The maximum absolute atomic E-state index is 9.16. The van der Waals surface area contributed by atoms with Crippen molar-refractivity contribution in [1.29, 1.82) is 0 Å². The zero-order chi connectivity index (χ0) is 26.6. The van der Waals surface area contributed by atoms with Crippen molar-refractivity contribution in [3.05, 3.63) is 136 Å². The predicted octanol–water partition coefficient (Wildman–Crippen LogP) is 7.75. The van der Waals surface area contributed by atoms with Crippen molar-refractivity contribution in [1.82, 2.24) is 0 Å². The third kappa shape index (κ3) is 3.77. The molecule has 0 radical (unpaired) electrons. The first kappa shape index (κ1) is 23.8. The van der Waals surface area contributed by atoms with Gasteiger partial charge in [-0.2, -0.15) is 0 Å². The van der Waals surface area contributed by atoms with Crippen LogP contribution in [0, 0.1) is 13.8 Å². The Balaban J connectivity index is 1.46. The number of benzene rings is 5. The molecule has 1 aliphatic heterocycles. The van der Waals surface area contributed by atoms with E-state index < -0.39 is 5.60 Å². The fourth-order valence-corrected chi connectivity index (χ4v) is 6.24. The lowest BCUT2D eigenvalue weighted by Gasteiger charge is -2.37. The summed E-state index contributed by atoms with van der Waals surface area (Å²) in [4.78, 5) is 0. The maximum atomic E-state index is 9.16. The van der Waals surface area contributed by atoms with Gasteiger partial charge in [0.25, 0.3) is 0 Å². The van der Waals surface area contributed by atoms with Crippen molar-refractivity contribution in [2.24, 2.45) is 0 Å². The average molecular weight is 511 g/mol. The summed E-state index contributed by atoms with van der Waals surface area (Å²) < 4.78 is 12.9. The van der Waals surface area contributed by atoms with Gasteiger partial charge in [0, 0.05) is 22.1 Å². The quantitative estimate of drug-likeness (QED) is 0.258. The second-order valence-corrected chi connectivity index (χ2v) is 10.6. The van der Waals surface area contributed by atoms with E-state index in [2.05, 4.69) is 98.8 Å². The minimum atomic E-state index is -0.795. The van der Waals surface area contributed by atoms with Gasteiger partial charge in [0.05, 0.1) is 6.61 Å². The molecule has 5 aromatic carbocycles. The lowest BCUT2D eigenvalue weighted by Crippen LogP contribution is -2.34. The van der Waals surface area contributed by atoms with Gasteiger partial charge in [-0.25, -0.2) is 0 Å². The van der Waals surface area contributed by atoms with E-state index in [1.54, 1.807) is 0 Å². The Morgan fingerprint density at radius 3 is 2.36 bits per heavy atom. The molecule has 5 aromatic rings. The third-order valence-corrected chi connectivity index (χ3v) is 8.05. The lowest BCUT2D eigenvalue weighted by atomic mass is 9.82. The molecule has 1 atom stereocenters. The van der Waals surface area contributed by atoms with E-state index in [0.717, 1.165) is 34.4 Å². The average Bonchev–Trinajstić information content (AvgIpc) is 3.35. The molecule has 3 nitrogen and oxygen atoms in total. The first-order valence-electron chi connectivity index (χ1n) is 13.5. The van der Waals surface area contributed by atoms with Gasteiger partial charge < -0.3 is 14.6 Å². The Labute approximate surface area is 229 Å². The van der Waals surface area contributed by atoms with Gasteiger partial charge in [-0.1, -0.05) is 90.0 Å². The van der Waals surface area contributed by atoms with Crippen molar-refractivity contribution in [2.45, 2.75) is 25.9 Å². The van der Waals surface area contributed by atoms with E-state index in [-0.39, 0.29) is 13.2 Å². The van der Waals surface area contributed by atoms with Crippen LogP contribution in [0.3, 0.4) is 0 Å². The van der Waals surface area contributed by atoms with Gasteiger partial charge in [0.1, 0.15) is 18.1 Å². The van der Waals surface area contributed by atoms with Crippen LogP contribution in [0.25, 0.3) is 28.0 Å². The summed E-state index contributed by atoms with van der Waals surface area (Å²) in [5.74, 6) is 1.66. The predicted molar refractivity (Wildman–Crippen MR) is 158 cm³/mol. The number of ether oxygens (including phenoxy) is 2. The van der Waals surface area contributed by atoms with Crippen LogP contribution in [0.2, 0.25) is 0 Å².